The summed E-state index contributed by atoms with van der Waals surface area (Å²) in [7, 11) is 0. The van der Waals surface area contributed by atoms with Gasteiger partial charge in [-0.05, 0) is 36.7 Å². The average Bonchev–Trinajstić information content (AvgIpc) is 2.30. The van der Waals surface area contributed by atoms with Crippen molar-refractivity contribution in [2.24, 2.45) is 11.7 Å². The second-order valence-corrected chi connectivity index (χ2v) is 4.34. The van der Waals surface area contributed by atoms with Crippen LogP contribution in [-0.2, 0) is 6.54 Å². The maximum Gasteiger partial charge on any atom is 0.115 e. The van der Waals surface area contributed by atoms with Crippen molar-refractivity contribution < 1.29 is 5.11 Å². The van der Waals surface area contributed by atoms with Gasteiger partial charge in [0.2, 0.25) is 0 Å². The van der Waals surface area contributed by atoms with E-state index in [-0.39, 0.29) is 0 Å². The van der Waals surface area contributed by atoms with Gasteiger partial charge in [0.1, 0.15) is 5.75 Å². The Morgan fingerprint density at radius 3 is 2.44 bits per heavy atom. The largest absolute Gasteiger partial charge is 0.508 e. The number of hydrogen-bond acceptors (Lipinski definition) is 3. The van der Waals surface area contributed by atoms with E-state index in [1.807, 2.05) is 12.1 Å². The number of rotatable bonds is 6. The topological polar surface area (TPSA) is 49.5 Å². The zero-order chi connectivity index (χ0) is 12.0. The Hall–Kier alpha value is -1.06. The average molecular weight is 222 g/mol. The predicted octanol–water partition coefficient (Wildman–Crippen LogP) is 1.81. The molecule has 1 atom stereocenters. The van der Waals surface area contributed by atoms with E-state index in [9.17, 15) is 5.11 Å². The molecular weight excluding hydrogens is 200 g/mol. The normalized spacial score (nSPS) is 13.0. The zero-order valence-electron chi connectivity index (χ0n) is 10.2. The summed E-state index contributed by atoms with van der Waals surface area (Å²) >= 11 is 0. The zero-order valence-corrected chi connectivity index (χ0v) is 10.2. The van der Waals surface area contributed by atoms with E-state index in [1.165, 1.54) is 5.56 Å². The molecule has 0 saturated heterocycles. The number of aromatic hydroxyl groups is 1. The van der Waals surface area contributed by atoms with Crippen LogP contribution in [0.5, 0.6) is 5.75 Å². The van der Waals surface area contributed by atoms with Gasteiger partial charge in [-0.1, -0.05) is 26.0 Å². The molecule has 1 rings (SSSR count). The van der Waals surface area contributed by atoms with E-state index in [0.717, 1.165) is 26.2 Å². The van der Waals surface area contributed by atoms with Crippen LogP contribution in [0.25, 0.3) is 0 Å². The quantitative estimate of drug-likeness (QED) is 0.771. The van der Waals surface area contributed by atoms with Crippen LogP contribution in [0.4, 0.5) is 0 Å². The molecule has 0 aromatic heterocycles. The third-order valence-electron chi connectivity index (χ3n) is 2.76. The maximum absolute atomic E-state index is 9.20. The number of phenolic OH excluding ortho intramolecular Hbond substituents is 1. The summed E-state index contributed by atoms with van der Waals surface area (Å²) in [5.41, 5.74) is 6.85. The van der Waals surface area contributed by atoms with Crippen LogP contribution in [0.1, 0.15) is 19.4 Å². The molecule has 3 N–H and O–H groups in total. The highest BCUT2D eigenvalue weighted by atomic mass is 16.3. The monoisotopic (exact) mass is 222 g/mol. The maximum atomic E-state index is 9.20. The molecule has 3 nitrogen and oxygen atoms in total. The van der Waals surface area contributed by atoms with Crippen LogP contribution in [0, 0.1) is 5.92 Å². The van der Waals surface area contributed by atoms with E-state index in [1.54, 1.807) is 12.1 Å². The van der Waals surface area contributed by atoms with E-state index in [4.69, 9.17) is 5.73 Å². The SMILES string of the molecule is CCN(Cc1ccc(O)cc1)CC(C)CN. The van der Waals surface area contributed by atoms with Crippen LogP contribution in [0.15, 0.2) is 24.3 Å². The minimum Gasteiger partial charge on any atom is -0.508 e. The molecule has 90 valence electrons. The third kappa shape index (κ3) is 4.21. The van der Waals surface area contributed by atoms with E-state index in [0.29, 0.717) is 11.7 Å². The van der Waals surface area contributed by atoms with Crippen molar-refractivity contribution in [1.29, 1.82) is 0 Å². The summed E-state index contributed by atoms with van der Waals surface area (Å²) in [4.78, 5) is 2.36. The first kappa shape index (κ1) is 13.0. The third-order valence-corrected chi connectivity index (χ3v) is 2.76. The molecule has 0 amide bonds. The Labute approximate surface area is 97.9 Å². The Bertz CT molecular complexity index is 297. The molecule has 1 unspecified atom stereocenters. The van der Waals surface area contributed by atoms with Gasteiger partial charge in [-0.2, -0.15) is 0 Å². The van der Waals surface area contributed by atoms with Crippen molar-refractivity contribution in [2.75, 3.05) is 19.6 Å². The minimum absolute atomic E-state index is 0.321. The van der Waals surface area contributed by atoms with E-state index >= 15 is 0 Å². The molecule has 1 aromatic rings. The van der Waals surface area contributed by atoms with Gasteiger partial charge in [0.05, 0.1) is 0 Å². The molecular formula is C13H22N2O. The van der Waals surface area contributed by atoms with Crippen molar-refractivity contribution in [3.63, 3.8) is 0 Å². The first-order valence-corrected chi connectivity index (χ1v) is 5.86. The van der Waals surface area contributed by atoms with E-state index in [2.05, 4.69) is 18.7 Å². The summed E-state index contributed by atoms with van der Waals surface area (Å²) in [6, 6.07) is 7.39. The lowest BCUT2D eigenvalue weighted by molar-refractivity contribution is 0.243. The fourth-order valence-electron chi connectivity index (χ4n) is 1.68. The van der Waals surface area contributed by atoms with Gasteiger partial charge in [-0.3, -0.25) is 4.90 Å². The molecule has 0 saturated carbocycles. The number of phenols is 1. The van der Waals surface area contributed by atoms with Crippen molar-refractivity contribution in [3.8, 4) is 5.75 Å². The van der Waals surface area contributed by atoms with Crippen LogP contribution in [0.2, 0.25) is 0 Å². The number of hydrogen-bond donors (Lipinski definition) is 2. The molecule has 0 radical (unpaired) electrons. The van der Waals surface area contributed by atoms with Crippen molar-refractivity contribution >= 4 is 0 Å². The molecule has 0 spiro atoms. The van der Waals surface area contributed by atoms with Gasteiger partial charge in [0.25, 0.3) is 0 Å². The van der Waals surface area contributed by atoms with Crippen molar-refractivity contribution in [1.82, 2.24) is 4.90 Å². The molecule has 0 aliphatic carbocycles. The highest BCUT2D eigenvalue weighted by Gasteiger charge is 2.07. The van der Waals surface area contributed by atoms with Gasteiger partial charge >= 0.3 is 0 Å². The van der Waals surface area contributed by atoms with Gasteiger partial charge in [0.15, 0.2) is 0 Å². The fourth-order valence-corrected chi connectivity index (χ4v) is 1.68. The number of nitrogens with zero attached hydrogens (tertiary/aromatic N) is 1. The first-order chi connectivity index (χ1) is 7.65. The molecule has 0 bridgehead atoms. The van der Waals surface area contributed by atoms with Crippen LogP contribution >= 0.6 is 0 Å². The Morgan fingerprint density at radius 2 is 1.94 bits per heavy atom. The first-order valence-electron chi connectivity index (χ1n) is 5.86. The van der Waals surface area contributed by atoms with Crippen LogP contribution < -0.4 is 5.73 Å². The smallest absolute Gasteiger partial charge is 0.115 e. The summed E-state index contributed by atoms with van der Waals surface area (Å²) in [6.07, 6.45) is 0. The lowest BCUT2D eigenvalue weighted by Crippen LogP contribution is -2.31. The molecule has 0 aliphatic heterocycles. The molecule has 0 heterocycles. The highest BCUT2D eigenvalue weighted by Crippen LogP contribution is 2.12. The van der Waals surface area contributed by atoms with Gasteiger partial charge in [-0.25, -0.2) is 0 Å². The van der Waals surface area contributed by atoms with Gasteiger partial charge in [0, 0.05) is 13.1 Å². The Kier molecular flexibility index (Phi) is 5.29. The Morgan fingerprint density at radius 1 is 1.31 bits per heavy atom. The summed E-state index contributed by atoms with van der Waals surface area (Å²) < 4.78 is 0. The highest BCUT2D eigenvalue weighted by molar-refractivity contribution is 5.25. The van der Waals surface area contributed by atoms with Gasteiger partial charge in [-0.15, -0.1) is 0 Å². The lowest BCUT2D eigenvalue weighted by atomic mass is 10.1. The Balaban J connectivity index is 2.52. The molecule has 0 aliphatic rings. The molecule has 0 fully saturated rings. The molecule has 16 heavy (non-hydrogen) atoms. The van der Waals surface area contributed by atoms with Crippen molar-refractivity contribution in [3.05, 3.63) is 29.8 Å². The second kappa shape index (κ2) is 6.51. The molecule has 1 aromatic carbocycles. The standard InChI is InChI=1S/C13H22N2O/c1-3-15(9-11(2)8-14)10-12-4-6-13(16)7-5-12/h4-7,11,16H,3,8-10,14H2,1-2H3. The fraction of sp³-hybridized carbons (Fsp3) is 0.538. The van der Waals surface area contributed by atoms with Gasteiger partial charge < -0.3 is 10.8 Å². The lowest BCUT2D eigenvalue weighted by Gasteiger charge is -2.23. The summed E-state index contributed by atoms with van der Waals surface area (Å²) in [5.74, 6) is 0.846. The summed E-state index contributed by atoms with van der Waals surface area (Å²) in [6.45, 7) is 8.01. The van der Waals surface area contributed by atoms with Crippen LogP contribution in [0.3, 0.4) is 0 Å². The molecule has 3 heteroatoms. The minimum atomic E-state index is 0.321. The van der Waals surface area contributed by atoms with E-state index < -0.39 is 0 Å². The van der Waals surface area contributed by atoms with Crippen molar-refractivity contribution in [2.45, 2.75) is 20.4 Å². The second-order valence-electron chi connectivity index (χ2n) is 4.34. The summed E-state index contributed by atoms with van der Waals surface area (Å²) in [5, 5.41) is 9.20. The predicted molar refractivity (Wildman–Crippen MR) is 67.3 cm³/mol. The number of nitrogens with two attached hydrogens (primary N) is 1. The van der Waals surface area contributed by atoms with Crippen LogP contribution in [-0.4, -0.2) is 29.6 Å². The number of benzene rings is 1.